The topological polar surface area (TPSA) is 71.1 Å². The second-order valence-electron chi connectivity index (χ2n) is 5.21. The van der Waals surface area contributed by atoms with E-state index in [0.29, 0.717) is 11.3 Å². The number of nitrogens with zero attached hydrogens (tertiary/aromatic N) is 1. The molecule has 1 aromatic carbocycles. The first-order chi connectivity index (χ1) is 11.0. The molecule has 5 nitrogen and oxygen atoms in total. The van der Waals surface area contributed by atoms with Gasteiger partial charge in [0.2, 0.25) is 0 Å². The number of carbonyl (C=O) groups excluding carboxylic acids is 2. The van der Waals surface area contributed by atoms with Crippen molar-refractivity contribution < 1.29 is 9.59 Å². The van der Waals surface area contributed by atoms with Gasteiger partial charge in [0.25, 0.3) is 11.8 Å². The van der Waals surface area contributed by atoms with Crippen molar-refractivity contribution >= 4 is 40.7 Å². The molecule has 1 aliphatic carbocycles. The predicted octanol–water partition coefficient (Wildman–Crippen LogP) is 3.53. The third-order valence-electron chi connectivity index (χ3n) is 3.36. The standard InChI is InChI=1S/C16H13Cl2N3O2/c17-11-7-8-13(18)21-14(11)16(23)20-12-4-2-1-3-10(12)15(22)19-9-5-6-9/h1-4,7-9H,5-6H2,(H,19,22)(H,20,23). The molecule has 0 bridgehead atoms. The Hall–Kier alpha value is -2.11. The third-order valence-corrected chi connectivity index (χ3v) is 3.88. The van der Waals surface area contributed by atoms with E-state index in [2.05, 4.69) is 15.6 Å². The van der Waals surface area contributed by atoms with Crippen LogP contribution in [-0.2, 0) is 0 Å². The molecule has 7 heteroatoms. The summed E-state index contributed by atoms with van der Waals surface area (Å²) in [6.45, 7) is 0. The molecule has 2 aromatic rings. The fourth-order valence-electron chi connectivity index (χ4n) is 2.04. The highest BCUT2D eigenvalue weighted by Crippen LogP contribution is 2.23. The minimum Gasteiger partial charge on any atom is -0.349 e. The normalized spacial score (nSPS) is 13.5. The smallest absolute Gasteiger partial charge is 0.275 e. The Kier molecular flexibility index (Phi) is 4.50. The van der Waals surface area contributed by atoms with E-state index in [1.807, 2.05) is 0 Å². The van der Waals surface area contributed by atoms with Crippen molar-refractivity contribution in [1.29, 1.82) is 0 Å². The number of hydrogen-bond acceptors (Lipinski definition) is 3. The lowest BCUT2D eigenvalue weighted by Gasteiger charge is -2.11. The van der Waals surface area contributed by atoms with Crippen LogP contribution in [0.4, 0.5) is 5.69 Å². The van der Waals surface area contributed by atoms with Crippen LogP contribution in [0.2, 0.25) is 10.2 Å². The maximum Gasteiger partial charge on any atom is 0.275 e. The lowest BCUT2D eigenvalue weighted by Crippen LogP contribution is -2.27. The minimum atomic E-state index is -0.524. The van der Waals surface area contributed by atoms with Gasteiger partial charge in [0.15, 0.2) is 0 Å². The van der Waals surface area contributed by atoms with E-state index in [1.165, 1.54) is 12.1 Å². The van der Waals surface area contributed by atoms with Gasteiger partial charge in [0, 0.05) is 6.04 Å². The van der Waals surface area contributed by atoms with Crippen LogP contribution >= 0.6 is 23.2 Å². The summed E-state index contributed by atoms with van der Waals surface area (Å²) < 4.78 is 0. The number of amides is 2. The zero-order valence-corrected chi connectivity index (χ0v) is 13.5. The fourth-order valence-corrected chi connectivity index (χ4v) is 2.38. The second-order valence-corrected chi connectivity index (χ2v) is 6.01. The van der Waals surface area contributed by atoms with Crippen molar-refractivity contribution in [1.82, 2.24) is 10.3 Å². The molecule has 0 spiro atoms. The summed E-state index contributed by atoms with van der Waals surface area (Å²) in [6.07, 6.45) is 1.98. The van der Waals surface area contributed by atoms with Crippen LogP contribution in [0.15, 0.2) is 36.4 Å². The Bertz CT molecular complexity index is 776. The molecule has 3 rings (SSSR count). The van der Waals surface area contributed by atoms with Crippen molar-refractivity contribution in [3.63, 3.8) is 0 Å². The van der Waals surface area contributed by atoms with Gasteiger partial charge in [-0.15, -0.1) is 0 Å². The van der Waals surface area contributed by atoms with Crippen molar-refractivity contribution in [3.05, 3.63) is 57.8 Å². The maximum atomic E-state index is 12.3. The maximum absolute atomic E-state index is 12.3. The monoisotopic (exact) mass is 349 g/mol. The second kappa shape index (κ2) is 6.56. The van der Waals surface area contributed by atoms with Gasteiger partial charge in [0.05, 0.1) is 16.3 Å². The molecule has 0 unspecified atom stereocenters. The number of anilines is 1. The van der Waals surface area contributed by atoms with E-state index in [4.69, 9.17) is 23.2 Å². The van der Waals surface area contributed by atoms with Crippen LogP contribution in [0.5, 0.6) is 0 Å². The molecule has 2 amide bonds. The van der Waals surface area contributed by atoms with Gasteiger partial charge in [-0.05, 0) is 37.1 Å². The molecule has 0 radical (unpaired) electrons. The molecule has 0 atom stereocenters. The van der Waals surface area contributed by atoms with Crippen LogP contribution in [-0.4, -0.2) is 22.8 Å². The number of para-hydroxylation sites is 1. The van der Waals surface area contributed by atoms with Crippen molar-refractivity contribution in [3.8, 4) is 0 Å². The number of halogens is 2. The Labute approximate surface area is 143 Å². The lowest BCUT2D eigenvalue weighted by molar-refractivity contribution is 0.0952. The van der Waals surface area contributed by atoms with Crippen LogP contribution < -0.4 is 10.6 Å². The molecule has 0 saturated heterocycles. The predicted molar refractivity (Wildman–Crippen MR) is 89.1 cm³/mol. The third kappa shape index (κ3) is 3.81. The summed E-state index contributed by atoms with van der Waals surface area (Å²) in [5, 5.41) is 5.91. The molecular formula is C16H13Cl2N3O2. The van der Waals surface area contributed by atoms with E-state index in [1.54, 1.807) is 24.3 Å². The summed E-state index contributed by atoms with van der Waals surface area (Å²) in [5.41, 5.74) is 0.802. The number of benzene rings is 1. The Morgan fingerprint density at radius 3 is 2.52 bits per heavy atom. The number of aromatic nitrogens is 1. The Balaban J connectivity index is 1.83. The first-order valence-corrected chi connectivity index (χ1v) is 7.83. The fraction of sp³-hybridized carbons (Fsp3) is 0.188. The van der Waals surface area contributed by atoms with E-state index >= 15 is 0 Å². The van der Waals surface area contributed by atoms with E-state index in [-0.39, 0.29) is 27.8 Å². The Morgan fingerprint density at radius 1 is 1.04 bits per heavy atom. The van der Waals surface area contributed by atoms with Crippen LogP contribution in [0.3, 0.4) is 0 Å². The van der Waals surface area contributed by atoms with E-state index < -0.39 is 5.91 Å². The summed E-state index contributed by atoms with van der Waals surface area (Å²) in [6, 6.07) is 10.0. The van der Waals surface area contributed by atoms with Crippen LogP contribution in [0.1, 0.15) is 33.7 Å². The Morgan fingerprint density at radius 2 is 1.78 bits per heavy atom. The molecule has 0 aliphatic heterocycles. The average molecular weight is 350 g/mol. The van der Waals surface area contributed by atoms with Crippen LogP contribution in [0.25, 0.3) is 0 Å². The van der Waals surface area contributed by atoms with Gasteiger partial charge in [-0.3, -0.25) is 9.59 Å². The van der Waals surface area contributed by atoms with Crippen molar-refractivity contribution in [2.45, 2.75) is 18.9 Å². The summed E-state index contributed by atoms with van der Waals surface area (Å²) in [5.74, 6) is -0.738. The number of hydrogen-bond donors (Lipinski definition) is 2. The molecule has 2 N–H and O–H groups in total. The average Bonchev–Trinajstić information content (AvgIpc) is 3.34. The number of pyridine rings is 1. The van der Waals surface area contributed by atoms with E-state index in [9.17, 15) is 9.59 Å². The molecule has 1 aromatic heterocycles. The molecule has 1 aliphatic rings. The van der Waals surface area contributed by atoms with Gasteiger partial charge in [-0.1, -0.05) is 35.3 Å². The number of nitrogens with one attached hydrogen (secondary N) is 2. The van der Waals surface area contributed by atoms with Gasteiger partial charge >= 0.3 is 0 Å². The molecular weight excluding hydrogens is 337 g/mol. The quantitative estimate of drug-likeness (QED) is 0.829. The van der Waals surface area contributed by atoms with Gasteiger partial charge in [0.1, 0.15) is 10.8 Å². The summed E-state index contributed by atoms with van der Waals surface area (Å²) >= 11 is 11.8. The summed E-state index contributed by atoms with van der Waals surface area (Å²) in [4.78, 5) is 28.5. The van der Waals surface area contributed by atoms with Gasteiger partial charge < -0.3 is 10.6 Å². The van der Waals surface area contributed by atoms with Crippen molar-refractivity contribution in [2.75, 3.05) is 5.32 Å². The largest absolute Gasteiger partial charge is 0.349 e. The van der Waals surface area contributed by atoms with E-state index in [0.717, 1.165) is 12.8 Å². The molecule has 23 heavy (non-hydrogen) atoms. The minimum absolute atomic E-state index is 0.0107. The van der Waals surface area contributed by atoms with Crippen LogP contribution in [0, 0.1) is 0 Å². The first kappa shape index (κ1) is 15.8. The lowest BCUT2D eigenvalue weighted by atomic mass is 10.1. The SMILES string of the molecule is O=C(NC1CC1)c1ccccc1NC(=O)c1nc(Cl)ccc1Cl. The summed E-state index contributed by atoms with van der Waals surface area (Å²) in [7, 11) is 0. The zero-order valence-electron chi connectivity index (χ0n) is 12.0. The number of carbonyl (C=O) groups is 2. The molecule has 1 saturated carbocycles. The van der Waals surface area contributed by atoms with Crippen molar-refractivity contribution in [2.24, 2.45) is 0 Å². The highest BCUT2D eigenvalue weighted by Gasteiger charge is 2.25. The molecule has 1 fully saturated rings. The number of rotatable bonds is 4. The van der Waals surface area contributed by atoms with Gasteiger partial charge in [-0.25, -0.2) is 4.98 Å². The molecule has 1 heterocycles. The highest BCUT2D eigenvalue weighted by atomic mass is 35.5. The highest BCUT2D eigenvalue weighted by molar-refractivity contribution is 6.35. The zero-order chi connectivity index (χ0) is 16.4. The first-order valence-electron chi connectivity index (χ1n) is 7.08. The molecule has 118 valence electrons. The van der Waals surface area contributed by atoms with Gasteiger partial charge in [-0.2, -0.15) is 0 Å².